The monoisotopic (exact) mass is 405 g/mol. The highest BCUT2D eigenvalue weighted by Crippen LogP contribution is 2.41. The lowest BCUT2D eigenvalue weighted by molar-refractivity contribution is -0.123. The van der Waals surface area contributed by atoms with Crippen LogP contribution in [0.15, 0.2) is 72.9 Å². The van der Waals surface area contributed by atoms with E-state index in [0.717, 1.165) is 17.5 Å². The summed E-state index contributed by atoms with van der Waals surface area (Å²) >= 11 is 6.24. The smallest absolute Gasteiger partial charge is 0.273 e. The molecule has 0 aliphatic heterocycles. The number of carbonyl (C=O) groups is 2. The molecule has 5 nitrogen and oxygen atoms in total. The summed E-state index contributed by atoms with van der Waals surface area (Å²) in [6.45, 7) is 0. The van der Waals surface area contributed by atoms with Crippen molar-refractivity contribution in [1.82, 2.24) is 9.88 Å². The molecular formula is C23H20ClN3O2. The van der Waals surface area contributed by atoms with Gasteiger partial charge < -0.3 is 10.6 Å². The summed E-state index contributed by atoms with van der Waals surface area (Å²) < 4.78 is 0. The molecule has 1 aliphatic carbocycles. The number of aromatic nitrogens is 1. The van der Waals surface area contributed by atoms with E-state index in [0.29, 0.717) is 17.0 Å². The fourth-order valence-electron chi connectivity index (χ4n) is 4.00. The van der Waals surface area contributed by atoms with E-state index >= 15 is 0 Å². The second-order valence-electron chi connectivity index (χ2n) is 7.04. The van der Waals surface area contributed by atoms with Gasteiger partial charge in [0.25, 0.3) is 5.91 Å². The van der Waals surface area contributed by atoms with Gasteiger partial charge in [-0.3, -0.25) is 14.6 Å². The minimum atomic E-state index is -0.916. The van der Waals surface area contributed by atoms with Crippen LogP contribution in [0, 0.1) is 0 Å². The number of aryl methyl sites for hydroxylation is 1. The van der Waals surface area contributed by atoms with Gasteiger partial charge in [0.1, 0.15) is 11.7 Å². The van der Waals surface area contributed by atoms with E-state index in [9.17, 15) is 9.59 Å². The zero-order valence-electron chi connectivity index (χ0n) is 15.7. The summed E-state index contributed by atoms with van der Waals surface area (Å²) in [5, 5.41) is 0.594. The van der Waals surface area contributed by atoms with Gasteiger partial charge in [-0.25, -0.2) is 0 Å². The summed E-state index contributed by atoms with van der Waals surface area (Å²) in [5.74, 6) is -0.924. The number of halogens is 1. The normalized spacial score (nSPS) is 16.1. The molecule has 29 heavy (non-hydrogen) atoms. The van der Waals surface area contributed by atoms with E-state index in [1.54, 1.807) is 29.3 Å². The predicted octanol–water partition coefficient (Wildman–Crippen LogP) is 4.09. The molecule has 1 heterocycles. The Bertz CT molecular complexity index is 1040. The molecule has 0 unspecified atom stereocenters. The number of pyridine rings is 1. The van der Waals surface area contributed by atoms with Gasteiger partial charge in [-0.15, -0.1) is 0 Å². The van der Waals surface area contributed by atoms with Crippen LogP contribution in [-0.2, 0) is 11.2 Å². The third kappa shape index (κ3) is 3.74. The van der Waals surface area contributed by atoms with E-state index in [1.165, 1.54) is 0 Å². The molecule has 4 rings (SSSR count). The first-order chi connectivity index (χ1) is 14.1. The fraction of sp³-hybridized carbons (Fsp3) is 0.174. The molecule has 0 saturated heterocycles. The van der Waals surface area contributed by atoms with Gasteiger partial charge in [0.05, 0.1) is 6.04 Å². The van der Waals surface area contributed by atoms with Crippen LogP contribution in [0.1, 0.15) is 45.7 Å². The minimum absolute atomic E-state index is 0.269. The molecule has 1 aromatic heterocycles. The quantitative estimate of drug-likeness (QED) is 0.694. The lowest BCUT2D eigenvalue weighted by Crippen LogP contribution is -2.43. The Morgan fingerprint density at radius 3 is 2.52 bits per heavy atom. The maximum absolute atomic E-state index is 13.6. The van der Waals surface area contributed by atoms with E-state index in [2.05, 4.69) is 4.98 Å². The number of nitrogens with zero attached hydrogens (tertiary/aromatic N) is 2. The van der Waals surface area contributed by atoms with Crippen molar-refractivity contribution in [2.75, 3.05) is 0 Å². The van der Waals surface area contributed by atoms with Crippen LogP contribution in [0.3, 0.4) is 0 Å². The Labute approximate surface area is 174 Å². The van der Waals surface area contributed by atoms with E-state index in [4.69, 9.17) is 17.3 Å². The Morgan fingerprint density at radius 2 is 1.83 bits per heavy atom. The maximum atomic E-state index is 13.6. The first-order valence-corrected chi connectivity index (χ1v) is 9.80. The van der Waals surface area contributed by atoms with Crippen molar-refractivity contribution in [2.45, 2.75) is 24.9 Å². The fourth-order valence-corrected chi connectivity index (χ4v) is 4.18. The van der Waals surface area contributed by atoms with Crippen LogP contribution in [0.5, 0.6) is 0 Å². The van der Waals surface area contributed by atoms with Crippen molar-refractivity contribution in [3.63, 3.8) is 0 Å². The molecule has 0 fully saturated rings. The van der Waals surface area contributed by atoms with Crippen molar-refractivity contribution in [1.29, 1.82) is 0 Å². The van der Waals surface area contributed by atoms with E-state index < -0.39 is 11.9 Å². The molecule has 0 radical (unpaired) electrons. The zero-order valence-corrected chi connectivity index (χ0v) is 16.4. The average molecular weight is 406 g/mol. The zero-order chi connectivity index (χ0) is 20.4. The van der Waals surface area contributed by atoms with Crippen LogP contribution in [0.4, 0.5) is 0 Å². The van der Waals surface area contributed by atoms with Crippen molar-refractivity contribution in [3.05, 3.63) is 100 Å². The molecule has 2 N–H and O–H groups in total. The van der Waals surface area contributed by atoms with Gasteiger partial charge in [-0.05, 0) is 53.8 Å². The Balaban J connectivity index is 1.86. The molecule has 0 spiro atoms. The largest absolute Gasteiger partial charge is 0.368 e. The topological polar surface area (TPSA) is 76.3 Å². The summed E-state index contributed by atoms with van der Waals surface area (Å²) in [4.78, 5) is 31.9. The van der Waals surface area contributed by atoms with E-state index in [1.807, 2.05) is 48.5 Å². The lowest BCUT2D eigenvalue weighted by Gasteiger charge is -2.35. The number of nitrogens with two attached hydrogens (primary N) is 1. The second kappa shape index (κ2) is 8.05. The van der Waals surface area contributed by atoms with E-state index in [-0.39, 0.29) is 17.6 Å². The third-order valence-corrected chi connectivity index (χ3v) is 5.51. The molecule has 3 aromatic rings. The molecule has 2 amide bonds. The van der Waals surface area contributed by atoms with Crippen LogP contribution in [0.25, 0.3) is 0 Å². The third-order valence-electron chi connectivity index (χ3n) is 5.27. The number of fused-ring (bicyclic) bond motifs is 1. The van der Waals surface area contributed by atoms with Crippen LogP contribution >= 0.6 is 11.6 Å². The molecule has 0 saturated carbocycles. The molecular weight excluding hydrogens is 386 g/mol. The summed E-state index contributed by atoms with van der Waals surface area (Å²) in [5.41, 5.74) is 8.83. The van der Waals surface area contributed by atoms with Crippen molar-refractivity contribution in [2.24, 2.45) is 5.73 Å². The van der Waals surface area contributed by atoms with Gasteiger partial charge in [0, 0.05) is 11.2 Å². The molecule has 2 atom stereocenters. The highest BCUT2D eigenvalue weighted by molar-refractivity contribution is 6.30. The van der Waals surface area contributed by atoms with Gasteiger partial charge in [0.15, 0.2) is 0 Å². The van der Waals surface area contributed by atoms with Gasteiger partial charge in [-0.1, -0.05) is 54.1 Å². The first-order valence-electron chi connectivity index (χ1n) is 9.42. The first kappa shape index (κ1) is 19.2. The SMILES string of the molecule is NC(=O)[C@@H](c1ccccc1)N(C(=O)c1ccccn1)[C@@H]1CCc2ccc(Cl)cc21. The van der Waals surface area contributed by atoms with Gasteiger partial charge >= 0.3 is 0 Å². The number of hydrogen-bond donors (Lipinski definition) is 1. The average Bonchev–Trinajstić information content (AvgIpc) is 3.15. The highest BCUT2D eigenvalue weighted by Gasteiger charge is 2.39. The van der Waals surface area contributed by atoms with Crippen LogP contribution < -0.4 is 5.73 Å². The molecule has 2 aromatic carbocycles. The highest BCUT2D eigenvalue weighted by atomic mass is 35.5. The van der Waals surface area contributed by atoms with Crippen molar-refractivity contribution >= 4 is 23.4 Å². The summed E-state index contributed by atoms with van der Waals surface area (Å²) in [7, 11) is 0. The maximum Gasteiger partial charge on any atom is 0.273 e. The lowest BCUT2D eigenvalue weighted by atomic mass is 9.98. The number of amides is 2. The van der Waals surface area contributed by atoms with Crippen molar-refractivity contribution in [3.8, 4) is 0 Å². The number of carbonyl (C=O) groups excluding carboxylic acids is 2. The Morgan fingerprint density at radius 1 is 1.07 bits per heavy atom. The summed E-state index contributed by atoms with van der Waals surface area (Å²) in [6.07, 6.45) is 3.04. The molecule has 1 aliphatic rings. The Hall–Kier alpha value is -3.18. The van der Waals surface area contributed by atoms with Crippen molar-refractivity contribution < 1.29 is 9.59 Å². The predicted molar refractivity (Wildman–Crippen MR) is 111 cm³/mol. The summed E-state index contributed by atoms with van der Waals surface area (Å²) in [6, 6.07) is 18.7. The Kier molecular flexibility index (Phi) is 5.32. The number of primary amides is 1. The van der Waals surface area contributed by atoms with Gasteiger partial charge in [0.2, 0.25) is 5.91 Å². The number of benzene rings is 2. The molecule has 0 bridgehead atoms. The van der Waals surface area contributed by atoms with Crippen LogP contribution in [-0.4, -0.2) is 21.7 Å². The number of hydrogen-bond acceptors (Lipinski definition) is 3. The van der Waals surface area contributed by atoms with Gasteiger partial charge in [-0.2, -0.15) is 0 Å². The second-order valence-corrected chi connectivity index (χ2v) is 7.48. The minimum Gasteiger partial charge on any atom is -0.368 e. The standard InChI is InChI=1S/C23H20ClN3O2/c24-17-11-9-15-10-12-20(18(15)14-17)27(23(29)19-8-4-5-13-26-19)21(22(25)28)16-6-2-1-3-7-16/h1-9,11,13-14,20-21H,10,12H2,(H2,25,28)/t20-,21-/m1/s1. The number of rotatable bonds is 5. The molecule has 6 heteroatoms. The van der Waals surface area contributed by atoms with Crippen LogP contribution in [0.2, 0.25) is 5.02 Å². The molecule has 146 valence electrons.